The molecule has 0 spiro atoms. The molecule has 5 nitrogen and oxygen atoms in total. The molecule has 4 rings (SSSR count). The highest BCUT2D eigenvalue weighted by molar-refractivity contribution is 7.99. The second-order valence-electron chi connectivity index (χ2n) is 8.01. The Kier molecular flexibility index (Phi) is 8.52. The minimum absolute atomic E-state index is 0.0663. The third-order valence-electron chi connectivity index (χ3n) is 5.17. The van der Waals surface area contributed by atoms with Gasteiger partial charge in [0.15, 0.2) is 0 Å². The number of aromatic nitrogens is 1. The summed E-state index contributed by atoms with van der Waals surface area (Å²) in [6.07, 6.45) is -3.41. The van der Waals surface area contributed by atoms with E-state index in [1.54, 1.807) is 23.9 Å². The van der Waals surface area contributed by atoms with Crippen LogP contribution in [0.3, 0.4) is 0 Å². The van der Waals surface area contributed by atoms with Crippen molar-refractivity contribution in [2.24, 2.45) is 0 Å². The summed E-state index contributed by atoms with van der Waals surface area (Å²) in [5.41, 5.74) is 2.24. The third kappa shape index (κ3) is 7.72. The van der Waals surface area contributed by atoms with Gasteiger partial charge in [-0.05, 0) is 59.8 Å². The van der Waals surface area contributed by atoms with Gasteiger partial charge in [0.05, 0.1) is 6.42 Å². The lowest BCUT2D eigenvalue weighted by Crippen LogP contribution is -2.17. The number of thioether (sulfide) groups is 1. The van der Waals surface area contributed by atoms with Crippen LogP contribution in [0.5, 0.6) is 17.2 Å². The number of benzene rings is 3. The SMILES string of the molecule is CCSc1ccc(CC(=O)Nc2ccc(-c3ccc(F)nc3)c(Oc3cccc(OC(F)(F)F)c3)c2)cc1. The summed E-state index contributed by atoms with van der Waals surface area (Å²) in [4.78, 5) is 17.5. The predicted molar refractivity (Wildman–Crippen MR) is 138 cm³/mol. The number of pyridine rings is 1. The van der Waals surface area contributed by atoms with E-state index in [0.29, 0.717) is 16.8 Å². The molecule has 0 saturated heterocycles. The largest absolute Gasteiger partial charge is 0.573 e. The molecule has 10 heteroatoms. The Morgan fingerprint density at radius 3 is 2.42 bits per heavy atom. The Morgan fingerprint density at radius 1 is 0.974 bits per heavy atom. The van der Waals surface area contributed by atoms with Gasteiger partial charge in [-0.1, -0.05) is 25.1 Å². The summed E-state index contributed by atoms with van der Waals surface area (Å²) in [7, 11) is 0. The lowest BCUT2D eigenvalue weighted by Gasteiger charge is -2.15. The van der Waals surface area contributed by atoms with Gasteiger partial charge in [0, 0.05) is 40.0 Å². The van der Waals surface area contributed by atoms with Crippen molar-refractivity contribution in [1.82, 2.24) is 4.98 Å². The molecule has 0 fully saturated rings. The number of amides is 1. The average molecular weight is 543 g/mol. The Hall–Kier alpha value is -4.05. The van der Waals surface area contributed by atoms with Crippen molar-refractivity contribution in [2.45, 2.75) is 24.6 Å². The molecule has 0 saturated carbocycles. The number of hydrogen-bond donors (Lipinski definition) is 1. The van der Waals surface area contributed by atoms with Gasteiger partial charge in [-0.3, -0.25) is 4.79 Å². The summed E-state index contributed by atoms with van der Waals surface area (Å²) in [5.74, 6) is -0.152. The molecule has 1 amide bonds. The molecule has 1 aromatic heterocycles. The maximum atomic E-state index is 13.4. The van der Waals surface area contributed by atoms with Gasteiger partial charge in [0.2, 0.25) is 11.9 Å². The van der Waals surface area contributed by atoms with Gasteiger partial charge in [0.1, 0.15) is 17.2 Å². The number of rotatable bonds is 9. The zero-order valence-electron chi connectivity index (χ0n) is 20.1. The topological polar surface area (TPSA) is 60.5 Å². The Bertz CT molecular complexity index is 1390. The zero-order valence-corrected chi connectivity index (χ0v) is 20.9. The van der Waals surface area contributed by atoms with E-state index >= 15 is 0 Å². The van der Waals surface area contributed by atoms with Gasteiger partial charge in [-0.25, -0.2) is 4.98 Å². The number of carbonyl (C=O) groups excluding carboxylic acids is 1. The highest BCUT2D eigenvalue weighted by atomic mass is 32.2. The predicted octanol–water partition coefficient (Wildman–Crippen LogP) is 7.87. The monoisotopic (exact) mass is 542 g/mol. The second kappa shape index (κ2) is 12.0. The summed E-state index contributed by atoms with van der Waals surface area (Å²) in [5, 5.41) is 2.81. The van der Waals surface area contributed by atoms with E-state index in [1.807, 2.05) is 24.3 Å². The quantitative estimate of drug-likeness (QED) is 0.133. The molecule has 0 unspecified atom stereocenters. The van der Waals surface area contributed by atoms with Gasteiger partial charge in [-0.2, -0.15) is 4.39 Å². The van der Waals surface area contributed by atoms with Crippen LogP contribution in [0.1, 0.15) is 12.5 Å². The molecular weight excluding hydrogens is 520 g/mol. The van der Waals surface area contributed by atoms with E-state index in [-0.39, 0.29) is 23.8 Å². The molecule has 1 N–H and O–H groups in total. The van der Waals surface area contributed by atoms with Crippen molar-refractivity contribution in [3.63, 3.8) is 0 Å². The fourth-order valence-electron chi connectivity index (χ4n) is 3.58. The fourth-order valence-corrected chi connectivity index (χ4v) is 4.24. The zero-order chi connectivity index (χ0) is 27.1. The molecule has 0 radical (unpaired) electrons. The van der Waals surface area contributed by atoms with Crippen molar-refractivity contribution >= 4 is 23.4 Å². The lowest BCUT2D eigenvalue weighted by atomic mass is 10.1. The van der Waals surface area contributed by atoms with Crippen molar-refractivity contribution in [3.8, 4) is 28.4 Å². The van der Waals surface area contributed by atoms with Gasteiger partial charge >= 0.3 is 6.36 Å². The fraction of sp³-hybridized carbons (Fsp3) is 0.143. The normalized spacial score (nSPS) is 11.2. The minimum atomic E-state index is -4.86. The molecule has 0 atom stereocenters. The number of nitrogens with one attached hydrogen (secondary N) is 1. The van der Waals surface area contributed by atoms with Crippen LogP contribution in [-0.2, 0) is 11.2 Å². The van der Waals surface area contributed by atoms with Gasteiger partial charge in [0.25, 0.3) is 0 Å². The number of carbonyl (C=O) groups is 1. The van der Waals surface area contributed by atoms with Crippen molar-refractivity contribution < 1.29 is 31.8 Å². The van der Waals surface area contributed by atoms with Gasteiger partial charge in [-0.15, -0.1) is 24.9 Å². The molecule has 38 heavy (non-hydrogen) atoms. The molecule has 4 aromatic rings. The summed E-state index contributed by atoms with van der Waals surface area (Å²) < 4.78 is 61.2. The van der Waals surface area contributed by atoms with Crippen molar-refractivity contribution in [2.75, 3.05) is 11.1 Å². The van der Waals surface area contributed by atoms with Crippen LogP contribution in [0, 0.1) is 5.95 Å². The number of ether oxygens (including phenoxy) is 2. The molecule has 3 aromatic carbocycles. The van der Waals surface area contributed by atoms with Gasteiger partial charge < -0.3 is 14.8 Å². The van der Waals surface area contributed by atoms with Crippen molar-refractivity contribution in [3.05, 3.63) is 96.6 Å². The first-order valence-corrected chi connectivity index (χ1v) is 12.5. The number of alkyl halides is 3. The van der Waals surface area contributed by atoms with Crippen LogP contribution in [0.25, 0.3) is 11.1 Å². The van der Waals surface area contributed by atoms with Crippen LogP contribution in [0.4, 0.5) is 23.2 Å². The van der Waals surface area contributed by atoms with E-state index in [1.165, 1.54) is 36.5 Å². The average Bonchev–Trinajstić information content (AvgIpc) is 2.85. The molecule has 1 heterocycles. The third-order valence-corrected chi connectivity index (χ3v) is 6.06. The molecule has 0 aliphatic heterocycles. The standard InChI is InChI=1S/C28H22F4N2O3S/c1-2-38-23-10-6-18(7-11-23)14-27(35)34-20-9-12-24(19-8-13-26(29)33-17-19)25(15-20)36-21-4-3-5-22(16-21)37-28(30,31)32/h3-13,15-17H,2,14H2,1H3,(H,34,35). The summed E-state index contributed by atoms with van der Waals surface area (Å²) in [6.45, 7) is 2.06. The summed E-state index contributed by atoms with van der Waals surface area (Å²) >= 11 is 1.71. The van der Waals surface area contributed by atoms with Crippen molar-refractivity contribution in [1.29, 1.82) is 0 Å². The Morgan fingerprint density at radius 2 is 1.74 bits per heavy atom. The number of anilines is 1. The first-order valence-electron chi connectivity index (χ1n) is 11.5. The molecule has 0 aliphatic carbocycles. The second-order valence-corrected chi connectivity index (χ2v) is 9.34. The van der Waals surface area contributed by atoms with Crippen LogP contribution in [-0.4, -0.2) is 23.0 Å². The first kappa shape index (κ1) is 27.0. The summed E-state index contributed by atoms with van der Waals surface area (Å²) in [6, 6.07) is 20.3. The van der Waals surface area contributed by atoms with E-state index in [4.69, 9.17) is 4.74 Å². The van der Waals surface area contributed by atoms with Crippen LogP contribution < -0.4 is 14.8 Å². The lowest BCUT2D eigenvalue weighted by molar-refractivity contribution is -0.274. The van der Waals surface area contributed by atoms with E-state index in [0.717, 1.165) is 28.3 Å². The van der Waals surface area contributed by atoms with E-state index in [9.17, 15) is 22.4 Å². The number of hydrogen-bond acceptors (Lipinski definition) is 5. The number of halogens is 4. The van der Waals surface area contributed by atoms with Crippen LogP contribution in [0.2, 0.25) is 0 Å². The highest BCUT2D eigenvalue weighted by Crippen LogP contribution is 2.37. The molecular formula is C28H22F4N2O3S. The molecule has 0 aliphatic rings. The first-order chi connectivity index (χ1) is 18.2. The van der Waals surface area contributed by atoms with Crippen LogP contribution in [0.15, 0.2) is 90.0 Å². The smallest absolute Gasteiger partial charge is 0.457 e. The maximum absolute atomic E-state index is 13.4. The molecule has 196 valence electrons. The van der Waals surface area contributed by atoms with E-state index in [2.05, 4.69) is 22.0 Å². The Balaban J connectivity index is 1.58. The Labute approximate surface area is 220 Å². The maximum Gasteiger partial charge on any atom is 0.573 e. The number of nitrogens with zero attached hydrogens (tertiary/aromatic N) is 1. The highest BCUT2D eigenvalue weighted by Gasteiger charge is 2.31. The van der Waals surface area contributed by atoms with Crippen LogP contribution >= 0.6 is 11.8 Å². The minimum Gasteiger partial charge on any atom is -0.457 e. The molecule has 0 bridgehead atoms. The van der Waals surface area contributed by atoms with E-state index < -0.39 is 18.1 Å².